The number of rotatable bonds is 4. The fraction of sp³-hybridized carbons (Fsp3) is 0.154. The Balaban J connectivity index is 2.00. The van der Waals surface area contributed by atoms with Crippen LogP contribution in [0.25, 0.3) is 0 Å². The monoisotopic (exact) mass is 311 g/mol. The fourth-order valence-electron chi connectivity index (χ4n) is 1.51. The van der Waals surface area contributed by atoms with Gasteiger partial charge in [-0.1, -0.05) is 23.7 Å². The van der Waals surface area contributed by atoms with Gasteiger partial charge in [-0.15, -0.1) is 0 Å². The lowest BCUT2D eigenvalue weighted by molar-refractivity contribution is 0.0950. The molecule has 0 bridgehead atoms. The molecular weight excluding hydrogens is 301 g/mol. The number of carbonyl (C=O) groups excluding carboxylic acids is 1. The summed E-state index contributed by atoms with van der Waals surface area (Å²) in [5.74, 6) is 0.400. The second kappa shape index (κ2) is 6.54. The molecule has 0 aliphatic heterocycles. The van der Waals surface area contributed by atoms with Gasteiger partial charge in [-0.2, -0.15) is 0 Å². The first-order valence-corrected chi connectivity index (χ1v) is 6.45. The molecule has 1 heterocycles. The third-order valence-electron chi connectivity index (χ3n) is 2.57. The van der Waals surface area contributed by atoms with Crippen LogP contribution in [0.15, 0.2) is 30.5 Å². The Labute approximate surface area is 125 Å². The molecule has 20 heavy (non-hydrogen) atoms. The SMILES string of the molecule is COc1ccc(CNC(=O)c2cnc(Cl)nc2Cl)cc1. The Bertz CT molecular complexity index is 618. The minimum Gasteiger partial charge on any atom is -0.497 e. The highest BCUT2D eigenvalue weighted by molar-refractivity contribution is 6.34. The molecule has 104 valence electrons. The maximum Gasteiger partial charge on any atom is 0.256 e. The first-order valence-electron chi connectivity index (χ1n) is 5.69. The summed E-state index contributed by atoms with van der Waals surface area (Å²) in [4.78, 5) is 19.4. The summed E-state index contributed by atoms with van der Waals surface area (Å²) in [6.07, 6.45) is 1.29. The van der Waals surface area contributed by atoms with Gasteiger partial charge in [0.25, 0.3) is 5.91 Å². The summed E-state index contributed by atoms with van der Waals surface area (Å²) < 4.78 is 5.06. The van der Waals surface area contributed by atoms with Gasteiger partial charge in [0, 0.05) is 12.7 Å². The van der Waals surface area contributed by atoms with Crippen molar-refractivity contribution in [3.05, 3.63) is 52.0 Å². The van der Waals surface area contributed by atoms with Crippen molar-refractivity contribution in [1.29, 1.82) is 0 Å². The average Bonchev–Trinajstić information content (AvgIpc) is 2.45. The van der Waals surface area contributed by atoms with Gasteiger partial charge in [-0.05, 0) is 29.3 Å². The van der Waals surface area contributed by atoms with E-state index >= 15 is 0 Å². The average molecular weight is 312 g/mol. The van der Waals surface area contributed by atoms with Crippen LogP contribution in [0.3, 0.4) is 0 Å². The molecule has 0 radical (unpaired) electrons. The van der Waals surface area contributed by atoms with E-state index in [2.05, 4.69) is 15.3 Å². The van der Waals surface area contributed by atoms with Crippen LogP contribution in [0.1, 0.15) is 15.9 Å². The molecule has 0 aliphatic carbocycles. The Hall–Kier alpha value is -1.85. The maximum absolute atomic E-state index is 11.9. The Morgan fingerprint density at radius 3 is 2.60 bits per heavy atom. The fourth-order valence-corrected chi connectivity index (χ4v) is 1.91. The molecule has 0 aliphatic rings. The predicted octanol–water partition coefficient (Wildman–Crippen LogP) is 2.72. The predicted molar refractivity (Wildman–Crippen MR) is 76.2 cm³/mol. The quantitative estimate of drug-likeness (QED) is 0.696. The van der Waals surface area contributed by atoms with Crippen molar-refractivity contribution in [3.8, 4) is 5.75 Å². The summed E-state index contributed by atoms with van der Waals surface area (Å²) in [5, 5.41) is 2.75. The molecule has 1 N–H and O–H groups in total. The molecule has 0 saturated heterocycles. The lowest BCUT2D eigenvalue weighted by Crippen LogP contribution is -2.23. The number of benzene rings is 1. The van der Waals surface area contributed by atoms with Crippen molar-refractivity contribution in [2.75, 3.05) is 7.11 Å². The van der Waals surface area contributed by atoms with E-state index < -0.39 is 0 Å². The third-order valence-corrected chi connectivity index (χ3v) is 3.04. The van der Waals surface area contributed by atoms with Crippen molar-refractivity contribution in [2.24, 2.45) is 0 Å². The van der Waals surface area contributed by atoms with E-state index in [9.17, 15) is 4.79 Å². The van der Waals surface area contributed by atoms with Gasteiger partial charge in [-0.3, -0.25) is 4.79 Å². The number of nitrogens with zero attached hydrogens (tertiary/aromatic N) is 2. The lowest BCUT2D eigenvalue weighted by atomic mass is 10.2. The number of hydrogen-bond donors (Lipinski definition) is 1. The zero-order chi connectivity index (χ0) is 14.5. The minimum absolute atomic E-state index is 0.00158. The molecule has 1 aromatic carbocycles. The number of hydrogen-bond acceptors (Lipinski definition) is 4. The molecule has 0 fully saturated rings. The first-order chi connectivity index (χ1) is 9.60. The van der Waals surface area contributed by atoms with Gasteiger partial charge in [-0.25, -0.2) is 9.97 Å². The van der Waals surface area contributed by atoms with Crippen molar-refractivity contribution in [3.63, 3.8) is 0 Å². The van der Waals surface area contributed by atoms with Gasteiger partial charge >= 0.3 is 0 Å². The summed E-state index contributed by atoms with van der Waals surface area (Å²) in [6, 6.07) is 7.36. The number of aromatic nitrogens is 2. The summed E-state index contributed by atoms with van der Waals surface area (Å²) in [5.41, 5.74) is 1.12. The Morgan fingerprint density at radius 2 is 2.00 bits per heavy atom. The molecular formula is C13H11Cl2N3O2. The van der Waals surface area contributed by atoms with Gasteiger partial charge in [0.15, 0.2) is 0 Å². The zero-order valence-electron chi connectivity index (χ0n) is 10.6. The van der Waals surface area contributed by atoms with Crippen molar-refractivity contribution in [2.45, 2.75) is 6.54 Å². The van der Waals surface area contributed by atoms with Crippen molar-refractivity contribution >= 4 is 29.1 Å². The highest BCUT2D eigenvalue weighted by Crippen LogP contribution is 2.15. The van der Waals surface area contributed by atoms with E-state index in [0.717, 1.165) is 11.3 Å². The van der Waals surface area contributed by atoms with Crippen molar-refractivity contribution < 1.29 is 9.53 Å². The van der Waals surface area contributed by atoms with Gasteiger partial charge < -0.3 is 10.1 Å². The molecule has 2 rings (SSSR count). The number of nitrogens with one attached hydrogen (secondary N) is 1. The molecule has 5 nitrogen and oxygen atoms in total. The van der Waals surface area contributed by atoms with Crippen LogP contribution in [0, 0.1) is 0 Å². The topological polar surface area (TPSA) is 64.1 Å². The van der Waals surface area contributed by atoms with E-state index in [1.54, 1.807) is 7.11 Å². The third kappa shape index (κ3) is 3.59. The van der Waals surface area contributed by atoms with Gasteiger partial charge in [0.2, 0.25) is 5.28 Å². The smallest absolute Gasteiger partial charge is 0.256 e. The van der Waals surface area contributed by atoms with E-state index in [4.69, 9.17) is 27.9 Å². The second-order valence-electron chi connectivity index (χ2n) is 3.87. The van der Waals surface area contributed by atoms with Crippen LogP contribution in [-0.2, 0) is 6.54 Å². The Kier molecular flexibility index (Phi) is 4.76. The lowest BCUT2D eigenvalue weighted by Gasteiger charge is -2.07. The van der Waals surface area contributed by atoms with Gasteiger partial charge in [0.05, 0.1) is 12.7 Å². The second-order valence-corrected chi connectivity index (χ2v) is 4.57. The maximum atomic E-state index is 11.9. The number of ether oxygens (including phenoxy) is 1. The summed E-state index contributed by atoms with van der Waals surface area (Å²) in [7, 11) is 1.60. The first kappa shape index (κ1) is 14.6. The minimum atomic E-state index is -0.359. The normalized spacial score (nSPS) is 10.2. The Morgan fingerprint density at radius 1 is 1.30 bits per heavy atom. The number of halogens is 2. The molecule has 0 unspecified atom stereocenters. The standard InChI is InChI=1S/C13H11Cl2N3O2/c1-20-9-4-2-8(3-5-9)6-16-12(19)10-7-17-13(15)18-11(10)14/h2-5,7H,6H2,1H3,(H,16,19). The van der Waals surface area contributed by atoms with Crippen LogP contribution < -0.4 is 10.1 Å². The van der Waals surface area contributed by atoms with E-state index in [-0.39, 0.29) is 21.9 Å². The molecule has 0 saturated carbocycles. The molecule has 1 amide bonds. The number of methoxy groups -OCH3 is 1. The van der Waals surface area contributed by atoms with Crippen molar-refractivity contribution in [1.82, 2.24) is 15.3 Å². The number of amides is 1. The van der Waals surface area contributed by atoms with E-state index in [1.807, 2.05) is 24.3 Å². The summed E-state index contributed by atoms with van der Waals surface area (Å²) in [6.45, 7) is 0.363. The molecule has 0 spiro atoms. The van der Waals surface area contributed by atoms with Crippen LogP contribution >= 0.6 is 23.2 Å². The van der Waals surface area contributed by atoms with E-state index in [0.29, 0.717) is 6.54 Å². The molecule has 0 atom stereocenters. The largest absolute Gasteiger partial charge is 0.497 e. The highest BCUT2D eigenvalue weighted by atomic mass is 35.5. The highest BCUT2D eigenvalue weighted by Gasteiger charge is 2.12. The molecule has 1 aromatic heterocycles. The van der Waals surface area contributed by atoms with Crippen LogP contribution in [-0.4, -0.2) is 23.0 Å². The van der Waals surface area contributed by atoms with Crippen LogP contribution in [0.2, 0.25) is 10.4 Å². The number of carbonyl (C=O) groups is 1. The zero-order valence-corrected chi connectivity index (χ0v) is 12.1. The van der Waals surface area contributed by atoms with Crippen LogP contribution in [0.4, 0.5) is 0 Å². The molecule has 7 heteroatoms. The van der Waals surface area contributed by atoms with Gasteiger partial charge in [0.1, 0.15) is 10.9 Å². The summed E-state index contributed by atoms with van der Waals surface area (Å²) >= 11 is 11.4. The van der Waals surface area contributed by atoms with E-state index in [1.165, 1.54) is 6.20 Å². The van der Waals surface area contributed by atoms with Crippen LogP contribution in [0.5, 0.6) is 5.75 Å². The molecule has 2 aromatic rings.